The zero-order valence-electron chi connectivity index (χ0n) is 9.60. The fourth-order valence-electron chi connectivity index (χ4n) is 2.19. The lowest BCUT2D eigenvalue weighted by atomic mass is 10.0. The van der Waals surface area contributed by atoms with Crippen LogP contribution in [-0.4, -0.2) is 23.4 Å². The van der Waals surface area contributed by atoms with Crippen LogP contribution in [0.5, 0.6) is 0 Å². The van der Waals surface area contributed by atoms with Crippen molar-refractivity contribution < 1.29 is 4.79 Å². The average Bonchev–Trinajstić information content (AvgIpc) is 2.29. The van der Waals surface area contributed by atoms with Crippen molar-refractivity contribution in [3.05, 3.63) is 41.3 Å². The number of hydrogen-bond donors (Lipinski definition) is 1. The maximum absolute atomic E-state index is 11.4. The first kappa shape index (κ1) is 12.4. The molecule has 1 atom stereocenters. The molecule has 1 aromatic carbocycles. The van der Waals surface area contributed by atoms with Crippen molar-refractivity contribution in [2.45, 2.75) is 25.4 Å². The molecule has 1 aliphatic heterocycles. The Labute approximate surface area is 107 Å². The Kier molecular flexibility index (Phi) is 4.02. The Bertz CT molecular complexity index is 408. The second-order valence-corrected chi connectivity index (χ2v) is 4.77. The normalized spacial score (nSPS) is 21.4. The fraction of sp³-hybridized carbons (Fsp3) is 0.385. The molecule has 0 aromatic heterocycles. The summed E-state index contributed by atoms with van der Waals surface area (Å²) >= 11 is 5.95. The molecule has 4 heteroatoms. The molecule has 1 aromatic rings. The topological polar surface area (TPSA) is 46.3 Å². The zero-order chi connectivity index (χ0) is 12.3. The van der Waals surface area contributed by atoms with Crippen molar-refractivity contribution in [2.75, 3.05) is 6.54 Å². The predicted octanol–water partition coefficient (Wildman–Crippen LogP) is 1.99. The second-order valence-electron chi connectivity index (χ2n) is 4.33. The van der Waals surface area contributed by atoms with Gasteiger partial charge in [-0.2, -0.15) is 0 Å². The number of piperidine rings is 1. The van der Waals surface area contributed by atoms with E-state index in [4.69, 9.17) is 17.3 Å². The number of carbonyl (C=O) groups is 1. The van der Waals surface area contributed by atoms with E-state index < -0.39 is 0 Å². The van der Waals surface area contributed by atoms with Crippen molar-refractivity contribution in [1.29, 1.82) is 0 Å². The molecular formula is C13H16ClN2O. The lowest BCUT2D eigenvalue weighted by Crippen LogP contribution is -2.47. The smallest absolute Gasteiger partial charge is 0.234 e. The van der Waals surface area contributed by atoms with Gasteiger partial charge in [0.05, 0.1) is 6.04 Å². The molecule has 1 unspecified atom stereocenters. The highest BCUT2D eigenvalue weighted by molar-refractivity contribution is 6.30. The van der Waals surface area contributed by atoms with Crippen LogP contribution in [0.2, 0.25) is 5.02 Å². The fourth-order valence-corrected chi connectivity index (χ4v) is 2.41. The average molecular weight is 252 g/mol. The molecule has 1 radical (unpaired) electrons. The number of halogens is 1. The van der Waals surface area contributed by atoms with Gasteiger partial charge in [-0.3, -0.25) is 9.69 Å². The first-order chi connectivity index (χ1) is 8.16. The van der Waals surface area contributed by atoms with Crippen molar-refractivity contribution in [3.8, 4) is 0 Å². The van der Waals surface area contributed by atoms with Crippen LogP contribution in [0, 0.1) is 6.42 Å². The summed E-state index contributed by atoms with van der Waals surface area (Å²) in [7, 11) is 0. The highest BCUT2D eigenvalue weighted by atomic mass is 35.5. The minimum absolute atomic E-state index is 0.178. The van der Waals surface area contributed by atoms with Gasteiger partial charge < -0.3 is 5.73 Å². The summed E-state index contributed by atoms with van der Waals surface area (Å²) in [5.41, 5.74) is 6.53. The summed E-state index contributed by atoms with van der Waals surface area (Å²) in [4.78, 5) is 13.5. The highest BCUT2D eigenvalue weighted by Crippen LogP contribution is 2.20. The number of hydrogen-bond acceptors (Lipinski definition) is 2. The Hall–Kier alpha value is -1.06. The van der Waals surface area contributed by atoms with Crippen molar-refractivity contribution in [2.24, 2.45) is 5.73 Å². The maximum atomic E-state index is 11.4. The Morgan fingerprint density at radius 2 is 2.35 bits per heavy atom. The van der Waals surface area contributed by atoms with Crippen LogP contribution in [0.3, 0.4) is 0 Å². The number of nitrogens with two attached hydrogens (primary N) is 1. The lowest BCUT2D eigenvalue weighted by molar-refractivity contribution is -0.124. The van der Waals surface area contributed by atoms with Crippen LogP contribution in [0.15, 0.2) is 24.3 Å². The number of rotatable bonds is 3. The zero-order valence-corrected chi connectivity index (χ0v) is 10.4. The molecule has 91 valence electrons. The molecule has 1 amide bonds. The quantitative estimate of drug-likeness (QED) is 0.893. The molecular weight excluding hydrogens is 236 g/mol. The van der Waals surface area contributed by atoms with E-state index >= 15 is 0 Å². The van der Waals surface area contributed by atoms with Gasteiger partial charge in [-0.1, -0.05) is 23.7 Å². The maximum Gasteiger partial charge on any atom is 0.234 e. The molecule has 0 bridgehead atoms. The van der Waals surface area contributed by atoms with Gasteiger partial charge in [0.25, 0.3) is 0 Å². The summed E-state index contributed by atoms with van der Waals surface area (Å²) in [6.45, 7) is 1.60. The van der Waals surface area contributed by atoms with Crippen LogP contribution in [-0.2, 0) is 11.3 Å². The second kappa shape index (κ2) is 5.52. The van der Waals surface area contributed by atoms with Crippen LogP contribution in [0.1, 0.15) is 18.4 Å². The van der Waals surface area contributed by atoms with Gasteiger partial charge >= 0.3 is 0 Å². The number of primary amides is 1. The van der Waals surface area contributed by atoms with E-state index in [1.165, 1.54) is 0 Å². The van der Waals surface area contributed by atoms with Crippen molar-refractivity contribution in [1.82, 2.24) is 4.90 Å². The third kappa shape index (κ3) is 3.20. The molecule has 17 heavy (non-hydrogen) atoms. The van der Waals surface area contributed by atoms with E-state index in [0.29, 0.717) is 0 Å². The van der Waals surface area contributed by atoms with Crippen LogP contribution >= 0.6 is 11.6 Å². The summed E-state index contributed by atoms with van der Waals surface area (Å²) < 4.78 is 0. The minimum Gasteiger partial charge on any atom is -0.368 e. The van der Waals surface area contributed by atoms with Gasteiger partial charge in [0.2, 0.25) is 5.91 Å². The van der Waals surface area contributed by atoms with Crippen molar-refractivity contribution >= 4 is 17.5 Å². The number of likely N-dealkylation sites (tertiary alicyclic amines) is 1. The van der Waals surface area contributed by atoms with Gasteiger partial charge in [-0.25, -0.2) is 0 Å². The first-order valence-electron chi connectivity index (χ1n) is 5.76. The molecule has 2 rings (SSSR count). The third-order valence-electron chi connectivity index (χ3n) is 3.05. The Morgan fingerprint density at radius 1 is 1.53 bits per heavy atom. The van der Waals surface area contributed by atoms with Gasteiger partial charge in [0.15, 0.2) is 0 Å². The molecule has 3 nitrogen and oxygen atoms in total. The molecule has 0 saturated carbocycles. The van der Waals surface area contributed by atoms with Gasteiger partial charge in [-0.05, 0) is 43.5 Å². The largest absolute Gasteiger partial charge is 0.368 e. The molecule has 1 saturated heterocycles. The molecule has 0 spiro atoms. The van der Waals surface area contributed by atoms with E-state index in [1.807, 2.05) is 24.3 Å². The van der Waals surface area contributed by atoms with E-state index in [0.717, 1.165) is 36.5 Å². The van der Waals surface area contributed by atoms with Crippen LogP contribution in [0.25, 0.3) is 0 Å². The van der Waals surface area contributed by atoms with Crippen LogP contribution in [0.4, 0.5) is 0 Å². The summed E-state index contributed by atoms with van der Waals surface area (Å²) in [5.74, 6) is -0.247. The SMILES string of the molecule is NC(=O)C1C[CH]CCN1Cc1cccc(Cl)c1. The number of amides is 1. The molecule has 1 aliphatic rings. The van der Waals surface area contributed by atoms with E-state index in [9.17, 15) is 4.79 Å². The summed E-state index contributed by atoms with van der Waals surface area (Å²) in [6.07, 6.45) is 3.88. The number of nitrogens with zero attached hydrogens (tertiary/aromatic N) is 1. The molecule has 2 N–H and O–H groups in total. The van der Waals surface area contributed by atoms with Crippen LogP contribution < -0.4 is 5.73 Å². The molecule has 1 heterocycles. The third-order valence-corrected chi connectivity index (χ3v) is 3.29. The van der Waals surface area contributed by atoms with Gasteiger partial charge in [0.1, 0.15) is 0 Å². The summed E-state index contributed by atoms with van der Waals surface area (Å²) in [5, 5.41) is 0.724. The number of carbonyl (C=O) groups excluding carboxylic acids is 1. The highest BCUT2D eigenvalue weighted by Gasteiger charge is 2.26. The monoisotopic (exact) mass is 251 g/mol. The van der Waals surface area contributed by atoms with Gasteiger partial charge in [-0.15, -0.1) is 0 Å². The Morgan fingerprint density at radius 3 is 3.06 bits per heavy atom. The lowest BCUT2D eigenvalue weighted by Gasteiger charge is -2.33. The van der Waals surface area contributed by atoms with E-state index in [1.54, 1.807) is 0 Å². The number of benzene rings is 1. The van der Waals surface area contributed by atoms with Crippen molar-refractivity contribution in [3.63, 3.8) is 0 Å². The summed E-state index contributed by atoms with van der Waals surface area (Å²) in [6, 6.07) is 7.54. The first-order valence-corrected chi connectivity index (χ1v) is 6.14. The van der Waals surface area contributed by atoms with E-state index in [-0.39, 0.29) is 11.9 Å². The Balaban J connectivity index is 2.08. The predicted molar refractivity (Wildman–Crippen MR) is 68.4 cm³/mol. The molecule has 0 aliphatic carbocycles. The molecule has 1 fully saturated rings. The van der Waals surface area contributed by atoms with E-state index in [2.05, 4.69) is 11.3 Å². The van der Waals surface area contributed by atoms with Gasteiger partial charge in [0, 0.05) is 11.6 Å². The standard InChI is InChI=1S/C13H16ClN2O/c14-11-5-3-4-10(8-11)9-16-7-2-1-6-12(16)13(15)17/h1,3-5,8,12H,2,6-7,9H2,(H2,15,17). The minimum atomic E-state index is -0.247.